The Kier molecular flexibility index (Phi) is 7.60. The molecule has 0 bridgehead atoms. The monoisotopic (exact) mass is 501 g/mol. The Morgan fingerprint density at radius 2 is 1.80 bits per heavy atom. The van der Waals surface area contributed by atoms with Gasteiger partial charge in [0.2, 0.25) is 5.91 Å². The highest BCUT2D eigenvalue weighted by Crippen LogP contribution is 2.35. The Bertz CT molecular complexity index is 1430. The molecule has 0 spiro atoms. The second-order valence-electron chi connectivity index (χ2n) is 7.63. The van der Waals surface area contributed by atoms with Gasteiger partial charge in [0.05, 0.1) is 16.9 Å². The molecule has 2 N–H and O–H groups in total. The molecule has 35 heavy (non-hydrogen) atoms. The van der Waals surface area contributed by atoms with E-state index in [1.165, 1.54) is 41.3 Å². The number of rotatable bonds is 7. The summed E-state index contributed by atoms with van der Waals surface area (Å²) >= 11 is 2.61. The van der Waals surface area contributed by atoms with Crippen molar-refractivity contribution in [3.63, 3.8) is 0 Å². The second-order valence-corrected chi connectivity index (χ2v) is 9.56. The Morgan fingerprint density at radius 3 is 2.54 bits per heavy atom. The van der Waals surface area contributed by atoms with E-state index >= 15 is 0 Å². The second kappa shape index (κ2) is 11.0. The summed E-state index contributed by atoms with van der Waals surface area (Å²) in [5.41, 5.74) is 3.74. The Hall–Kier alpha value is -3.93. The molecule has 4 rings (SSSR count). The van der Waals surface area contributed by atoms with E-state index in [0.29, 0.717) is 16.3 Å². The molecule has 5 nitrogen and oxygen atoms in total. The summed E-state index contributed by atoms with van der Waals surface area (Å²) in [5, 5.41) is 17.6. The fourth-order valence-electron chi connectivity index (χ4n) is 3.33. The van der Waals surface area contributed by atoms with Crippen LogP contribution in [0.4, 0.5) is 15.1 Å². The van der Waals surface area contributed by atoms with Crippen LogP contribution in [0.15, 0.2) is 83.1 Å². The number of hydrogen-bond acceptors (Lipinski definition) is 5. The quantitative estimate of drug-likeness (QED) is 0.276. The maximum atomic E-state index is 13.8. The van der Waals surface area contributed by atoms with E-state index in [4.69, 9.17) is 0 Å². The van der Waals surface area contributed by atoms with Crippen LogP contribution in [0.25, 0.3) is 11.1 Å². The highest BCUT2D eigenvalue weighted by Gasteiger charge is 2.16. The van der Waals surface area contributed by atoms with Crippen LogP contribution in [0.5, 0.6) is 0 Å². The summed E-state index contributed by atoms with van der Waals surface area (Å²) in [6.45, 7) is 2.00. The molecule has 0 aliphatic heterocycles. The SMILES string of the molecule is Cc1ccc(-c2csc(NC(=O)CSc3cccc(NC(=O)c4ccccc4F)c3)c2C#N)cc1. The summed E-state index contributed by atoms with van der Waals surface area (Å²) < 4.78 is 13.8. The van der Waals surface area contributed by atoms with E-state index in [2.05, 4.69) is 16.7 Å². The molecule has 3 aromatic carbocycles. The summed E-state index contributed by atoms with van der Waals surface area (Å²) in [6.07, 6.45) is 0. The number of anilines is 2. The molecule has 8 heteroatoms. The first-order chi connectivity index (χ1) is 16.9. The van der Waals surface area contributed by atoms with Crippen molar-refractivity contribution in [2.75, 3.05) is 16.4 Å². The largest absolute Gasteiger partial charge is 0.322 e. The highest BCUT2D eigenvalue weighted by atomic mass is 32.2. The number of nitrogens with zero attached hydrogens (tertiary/aromatic N) is 1. The average molecular weight is 502 g/mol. The van der Waals surface area contributed by atoms with E-state index in [-0.39, 0.29) is 17.2 Å². The first kappa shape index (κ1) is 24.2. The molecule has 0 radical (unpaired) electrons. The van der Waals surface area contributed by atoms with Crippen LogP contribution in [0.3, 0.4) is 0 Å². The summed E-state index contributed by atoms with van der Waals surface area (Å²) in [5.74, 6) is -1.27. The zero-order valence-electron chi connectivity index (χ0n) is 18.7. The number of carbonyl (C=O) groups excluding carboxylic acids is 2. The number of aryl methyl sites for hydroxylation is 1. The van der Waals surface area contributed by atoms with E-state index < -0.39 is 11.7 Å². The van der Waals surface area contributed by atoms with Gasteiger partial charge in [-0.25, -0.2) is 4.39 Å². The third kappa shape index (κ3) is 5.96. The number of carbonyl (C=O) groups is 2. The van der Waals surface area contributed by atoms with Crippen molar-refractivity contribution in [2.24, 2.45) is 0 Å². The van der Waals surface area contributed by atoms with E-state index in [1.54, 1.807) is 24.3 Å². The van der Waals surface area contributed by atoms with Gasteiger partial charge in [0, 0.05) is 21.5 Å². The molecule has 1 aromatic heterocycles. The molecule has 0 aliphatic rings. The summed E-state index contributed by atoms with van der Waals surface area (Å²) in [7, 11) is 0. The van der Waals surface area contributed by atoms with Gasteiger partial charge in [-0.3, -0.25) is 9.59 Å². The maximum absolute atomic E-state index is 13.8. The topological polar surface area (TPSA) is 82.0 Å². The minimum atomic E-state index is -0.594. The highest BCUT2D eigenvalue weighted by molar-refractivity contribution is 8.00. The lowest BCUT2D eigenvalue weighted by Crippen LogP contribution is -2.14. The maximum Gasteiger partial charge on any atom is 0.258 e. The zero-order chi connectivity index (χ0) is 24.8. The average Bonchev–Trinajstić information content (AvgIpc) is 3.26. The van der Waals surface area contributed by atoms with Gasteiger partial charge in [0.25, 0.3) is 5.91 Å². The Labute approximate surface area is 210 Å². The van der Waals surface area contributed by atoms with Gasteiger partial charge in [-0.05, 0) is 42.8 Å². The lowest BCUT2D eigenvalue weighted by Gasteiger charge is -2.08. The van der Waals surface area contributed by atoms with Crippen LogP contribution in [-0.2, 0) is 4.79 Å². The first-order valence-electron chi connectivity index (χ1n) is 10.6. The van der Waals surface area contributed by atoms with Gasteiger partial charge in [-0.2, -0.15) is 5.26 Å². The van der Waals surface area contributed by atoms with Crippen LogP contribution in [-0.4, -0.2) is 17.6 Å². The standard InChI is InChI=1S/C27H20FN3O2S2/c1-17-9-11-18(12-10-17)23-15-35-27(22(23)14-29)31-25(32)16-34-20-6-4-5-19(13-20)30-26(33)21-7-2-3-8-24(21)28/h2-13,15H,16H2,1H3,(H,30,33)(H,31,32). The van der Waals surface area contributed by atoms with Crippen LogP contribution in [0.2, 0.25) is 0 Å². The van der Waals surface area contributed by atoms with Crippen LogP contribution >= 0.6 is 23.1 Å². The number of thiophene rings is 1. The van der Waals surface area contributed by atoms with Crippen molar-refractivity contribution in [1.29, 1.82) is 5.26 Å². The number of nitrogens with one attached hydrogen (secondary N) is 2. The summed E-state index contributed by atoms with van der Waals surface area (Å²) in [6, 6.07) is 22.8. The fourth-order valence-corrected chi connectivity index (χ4v) is 5.02. The normalized spacial score (nSPS) is 10.4. The van der Waals surface area contributed by atoms with Gasteiger partial charge < -0.3 is 10.6 Å². The number of thioether (sulfide) groups is 1. The Balaban J connectivity index is 1.38. The zero-order valence-corrected chi connectivity index (χ0v) is 20.3. The fraction of sp³-hybridized carbons (Fsp3) is 0.0741. The van der Waals surface area contributed by atoms with Crippen molar-refractivity contribution in [3.05, 3.63) is 101 Å². The third-order valence-corrected chi connectivity index (χ3v) is 6.99. The predicted molar refractivity (Wildman–Crippen MR) is 139 cm³/mol. The number of amides is 2. The predicted octanol–water partition coefficient (Wildman–Crippen LogP) is 6.72. The van der Waals surface area contributed by atoms with Crippen LogP contribution in [0.1, 0.15) is 21.5 Å². The number of nitriles is 1. The van der Waals surface area contributed by atoms with E-state index in [9.17, 15) is 19.2 Å². The number of halogens is 1. The Morgan fingerprint density at radius 1 is 1.03 bits per heavy atom. The van der Waals surface area contributed by atoms with E-state index in [1.807, 2.05) is 42.6 Å². The van der Waals surface area contributed by atoms with Gasteiger partial charge >= 0.3 is 0 Å². The van der Waals surface area contributed by atoms with Crippen molar-refractivity contribution in [1.82, 2.24) is 0 Å². The third-order valence-electron chi connectivity index (χ3n) is 5.10. The number of hydrogen-bond donors (Lipinski definition) is 2. The number of benzene rings is 3. The molecule has 0 unspecified atom stereocenters. The molecule has 4 aromatic rings. The van der Waals surface area contributed by atoms with Crippen molar-refractivity contribution >= 4 is 45.6 Å². The van der Waals surface area contributed by atoms with Crippen molar-refractivity contribution < 1.29 is 14.0 Å². The van der Waals surface area contributed by atoms with Gasteiger partial charge in [-0.1, -0.05) is 48.0 Å². The molecular weight excluding hydrogens is 481 g/mol. The van der Waals surface area contributed by atoms with Gasteiger partial charge in [0.15, 0.2) is 0 Å². The molecule has 1 heterocycles. The minimum absolute atomic E-state index is 0.0424. The molecule has 0 atom stereocenters. The van der Waals surface area contributed by atoms with Crippen LogP contribution < -0.4 is 10.6 Å². The molecule has 0 aliphatic carbocycles. The molecule has 174 valence electrons. The van der Waals surface area contributed by atoms with Gasteiger partial charge in [-0.15, -0.1) is 23.1 Å². The minimum Gasteiger partial charge on any atom is -0.322 e. The molecular formula is C27H20FN3O2S2. The molecule has 0 saturated carbocycles. The first-order valence-corrected chi connectivity index (χ1v) is 12.5. The lowest BCUT2D eigenvalue weighted by molar-refractivity contribution is -0.113. The smallest absolute Gasteiger partial charge is 0.258 e. The van der Waals surface area contributed by atoms with Crippen LogP contribution in [0, 0.1) is 24.1 Å². The van der Waals surface area contributed by atoms with E-state index in [0.717, 1.165) is 21.6 Å². The molecule has 0 saturated heterocycles. The van der Waals surface area contributed by atoms with Crippen molar-refractivity contribution in [2.45, 2.75) is 11.8 Å². The molecule has 0 fully saturated rings. The lowest BCUT2D eigenvalue weighted by atomic mass is 10.0. The molecule has 2 amide bonds. The van der Waals surface area contributed by atoms with Crippen molar-refractivity contribution in [3.8, 4) is 17.2 Å². The summed E-state index contributed by atoms with van der Waals surface area (Å²) in [4.78, 5) is 25.7. The van der Waals surface area contributed by atoms with Gasteiger partial charge in [0.1, 0.15) is 16.9 Å².